The first-order valence-corrected chi connectivity index (χ1v) is 8.28. The van der Waals surface area contributed by atoms with Gasteiger partial charge in [0.25, 0.3) is 17.7 Å². The summed E-state index contributed by atoms with van der Waals surface area (Å²) in [7, 11) is 0. The lowest BCUT2D eigenvalue weighted by atomic mass is 10.1. The normalized spacial score (nSPS) is 13.5. The van der Waals surface area contributed by atoms with Gasteiger partial charge < -0.3 is 9.73 Å². The van der Waals surface area contributed by atoms with E-state index < -0.39 is 5.91 Å². The average Bonchev–Trinajstić information content (AvgIpc) is 3.17. The molecule has 0 saturated heterocycles. The van der Waals surface area contributed by atoms with Crippen LogP contribution >= 0.6 is 0 Å². The molecule has 6 heteroatoms. The van der Waals surface area contributed by atoms with E-state index in [1.807, 2.05) is 0 Å². The number of hydrogen-bond acceptors (Lipinski definition) is 4. The van der Waals surface area contributed by atoms with Crippen LogP contribution in [-0.2, 0) is 6.54 Å². The van der Waals surface area contributed by atoms with Crippen molar-refractivity contribution in [2.24, 2.45) is 5.92 Å². The van der Waals surface area contributed by atoms with E-state index in [1.54, 1.807) is 18.2 Å². The summed E-state index contributed by atoms with van der Waals surface area (Å²) >= 11 is 0. The predicted molar refractivity (Wildman–Crippen MR) is 91.1 cm³/mol. The molecule has 3 rings (SSSR count). The molecule has 0 bridgehead atoms. The monoisotopic (exact) mass is 340 g/mol. The van der Waals surface area contributed by atoms with Crippen LogP contribution in [0.2, 0.25) is 0 Å². The van der Waals surface area contributed by atoms with Crippen molar-refractivity contribution in [1.29, 1.82) is 0 Å². The average molecular weight is 340 g/mol. The molecule has 1 aromatic carbocycles. The van der Waals surface area contributed by atoms with Crippen LogP contribution in [0.1, 0.15) is 57.1 Å². The van der Waals surface area contributed by atoms with Gasteiger partial charge in [0, 0.05) is 12.1 Å². The number of benzene rings is 1. The zero-order chi connectivity index (χ0) is 18.0. The SMILES string of the molecule is CC(C)CCNC(=O)c1ccc2c(c1)C(=O)N(Cc1ccco1)C2=O. The molecular formula is C19H20N2O4. The van der Waals surface area contributed by atoms with Crippen LogP contribution in [0, 0.1) is 5.92 Å². The summed E-state index contributed by atoms with van der Waals surface area (Å²) in [5.74, 6) is 0.000386. The number of hydrogen-bond donors (Lipinski definition) is 1. The van der Waals surface area contributed by atoms with Crippen LogP contribution in [0.5, 0.6) is 0 Å². The van der Waals surface area contributed by atoms with Gasteiger partial charge in [-0.25, -0.2) is 0 Å². The molecule has 0 saturated carbocycles. The Morgan fingerprint density at radius 1 is 1.16 bits per heavy atom. The Morgan fingerprint density at radius 2 is 1.92 bits per heavy atom. The molecule has 0 atom stereocenters. The zero-order valence-corrected chi connectivity index (χ0v) is 14.2. The standard InChI is InChI=1S/C19H20N2O4/c1-12(2)7-8-20-17(22)13-5-6-15-16(10-13)19(24)21(18(15)23)11-14-4-3-9-25-14/h3-6,9-10,12H,7-8,11H2,1-2H3,(H,20,22). The first-order valence-electron chi connectivity index (χ1n) is 8.28. The van der Waals surface area contributed by atoms with E-state index in [9.17, 15) is 14.4 Å². The topological polar surface area (TPSA) is 79.6 Å². The molecule has 3 amide bonds. The Bertz CT molecular complexity index is 809. The van der Waals surface area contributed by atoms with Crippen LogP contribution in [0.25, 0.3) is 0 Å². The number of furan rings is 1. The molecule has 0 fully saturated rings. The molecule has 0 spiro atoms. The van der Waals surface area contributed by atoms with Crippen LogP contribution in [0.4, 0.5) is 0 Å². The second kappa shape index (κ2) is 6.93. The molecule has 25 heavy (non-hydrogen) atoms. The number of fused-ring (bicyclic) bond motifs is 1. The van der Waals surface area contributed by atoms with Gasteiger partial charge in [-0.2, -0.15) is 0 Å². The third-order valence-corrected chi connectivity index (χ3v) is 4.13. The van der Waals surface area contributed by atoms with E-state index in [1.165, 1.54) is 18.4 Å². The Kier molecular flexibility index (Phi) is 4.70. The van der Waals surface area contributed by atoms with E-state index in [2.05, 4.69) is 19.2 Å². The predicted octanol–water partition coefficient (Wildman–Crippen LogP) is 2.85. The third-order valence-electron chi connectivity index (χ3n) is 4.13. The summed E-state index contributed by atoms with van der Waals surface area (Å²) in [4.78, 5) is 38.3. The summed E-state index contributed by atoms with van der Waals surface area (Å²) in [6, 6.07) is 8.01. The van der Waals surface area contributed by atoms with Gasteiger partial charge in [0.1, 0.15) is 5.76 Å². The summed E-state index contributed by atoms with van der Waals surface area (Å²) < 4.78 is 5.21. The van der Waals surface area contributed by atoms with E-state index in [0.717, 1.165) is 11.3 Å². The lowest BCUT2D eigenvalue weighted by Crippen LogP contribution is -2.28. The lowest BCUT2D eigenvalue weighted by molar-refractivity contribution is 0.0631. The van der Waals surface area contributed by atoms with Crippen molar-refractivity contribution in [1.82, 2.24) is 10.2 Å². The second-order valence-corrected chi connectivity index (χ2v) is 6.47. The number of rotatable bonds is 6. The first-order chi connectivity index (χ1) is 12.0. The summed E-state index contributed by atoms with van der Waals surface area (Å²) in [6.07, 6.45) is 2.37. The Morgan fingerprint density at radius 3 is 2.60 bits per heavy atom. The maximum atomic E-state index is 12.5. The van der Waals surface area contributed by atoms with Gasteiger partial charge in [-0.1, -0.05) is 13.8 Å². The number of amides is 3. The van der Waals surface area contributed by atoms with E-state index in [-0.39, 0.29) is 23.9 Å². The third kappa shape index (κ3) is 3.47. The second-order valence-electron chi connectivity index (χ2n) is 6.47. The lowest BCUT2D eigenvalue weighted by Gasteiger charge is -2.11. The molecule has 1 N–H and O–H groups in total. The van der Waals surface area contributed by atoms with Gasteiger partial charge in [0.05, 0.1) is 23.9 Å². The zero-order valence-electron chi connectivity index (χ0n) is 14.2. The van der Waals surface area contributed by atoms with E-state index in [0.29, 0.717) is 29.3 Å². The highest BCUT2D eigenvalue weighted by molar-refractivity contribution is 6.21. The van der Waals surface area contributed by atoms with Gasteiger partial charge >= 0.3 is 0 Å². The molecule has 0 unspecified atom stereocenters. The van der Waals surface area contributed by atoms with Crippen LogP contribution in [0.15, 0.2) is 41.0 Å². The maximum Gasteiger partial charge on any atom is 0.261 e. The van der Waals surface area contributed by atoms with Crippen molar-refractivity contribution in [3.8, 4) is 0 Å². The largest absolute Gasteiger partial charge is 0.467 e. The Balaban J connectivity index is 1.76. The minimum Gasteiger partial charge on any atom is -0.467 e. The van der Waals surface area contributed by atoms with Crippen molar-refractivity contribution in [3.05, 3.63) is 59.0 Å². The molecule has 1 aliphatic heterocycles. The molecule has 0 aliphatic carbocycles. The van der Waals surface area contributed by atoms with E-state index >= 15 is 0 Å². The van der Waals surface area contributed by atoms with Crippen molar-refractivity contribution in [2.45, 2.75) is 26.8 Å². The van der Waals surface area contributed by atoms with Crippen molar-refractivity contribution >= 4 is 17.7 Å². The number of nitrogens with zero attached hydrogens (tertiary/aromatic N) is 1. The quantitative estimate of drug-likeness (QED) is 0.820. The van der Waals surface area contributed by atoms with Gasteiger partial charge in [-0.05, 0) is 42.7 Å². The highest BCUT2D eigenvalue weighted by Gasteiger charge is 2.36. The fourth-order valence-corrected chi connectivity index (χ4v) is 2.71. The van der Waals surface area contributed by atoms with Crippen LogP contribution in [-0.4, -0.2) is 29.2 Å². The number of nitrogens with one attached hydrogen (secondary N) is 1. The molecule has 130 valence electrons. The summed E-state index contributed by atoms with van der Waals surface area (Å²) in [5.41, 5.74) is 0.951. The number of imide groups is 1. The molecule has 0 radical (unpaired) electrons. The Hall–Kier alpha value is -2.89. The number of carbonyl (C=O) groups is 3. The van der Waals surface area contributed by atoms with Crippen molar-refractivity contribution < 1.29 is 18.8 Å². The summed E-state index contributed by atoms with van der Waals surface area (Å²) in [6.45, 7) is 4.82. The Labute approximate surface area is 145 Å². The van der Waals surface area contributed by atoms with Crippen LogP contribution < -0.4 is 5.32 Å². The van der Waals surface area contributed by atoms with Gasteiger partial charge in [0.2, 0.25) is 0 Å². The minimum absolute atomic E-state index is 0.0786. The molecule has 2 heterocycles. The molecular weight excluding hydrogens is 320 g/mol. The summed E-state index contributed by atoms with van der Waals surface area (Å²) in [5, 5.41) is 2.83. The molecule has 6 nitrogen and oxygen atoms in total. The molecule has 2 aromatic rings. The van der Waals surface area contributed by atoms with Gasteiger partial charge in [-0.3, -0.25) is 19.3 Å². The fourth-order valence-electron chi connectivity index (χ4n) is 2.71. The molecule has 1 aliphatic rings. The van der Waals surface area contributed by atoms with Crippen molar-refractivity contribution in [2.75, 3.05) is 6.54 Å². The van der Waals surface area contributed by atoms with Gasteiger partial charge in [-0.15, -0.1) is 0 Å². The molecule has 1 aromatic heterocycles. The van der Waals surface area contributed by atoms with E-state index in [4.69, 9.17) is 4.42 Å². The maximum absolute atomic E-state index is 12.5. The first kappa shape index (κ1) is 17.0. The highest BCUT2D eigenvalue weighted by Crippen LogP contribution is 2.25. The fraction of sp³-hybridized carbons (Fsp3) is 0.316. The minimum atomic E-state index is -0.409. The number of carbonyl (C=O) groups excluding carboxylic acids is 3. The van der Waals surface area contributed by atoms with Gasteiger partial charge in [0.15, 0.2) is 0 Å². The smallest absolute Gasteiger partial charge is 0.261 e. The van der Waals surface area contributed by atoms with Crippen molar-refractivity contribution in [3.63, 3.8) is 0 Å². The highest BCUT2D eigenvalue weighted by atomic mass is 16.3. The van der Waals surface area contributed by atoms with Crippen LogP contribution in [0.3, 0.4) is 0 Å².